The molecular formula is C15H19N5O. The molecular weight excluding hydrogens is 266 g/mol. The van der Waals surface area contributed by atoms with Gasteiger partial charge in [-0.1, -0.05) is 12.1 Å². The monoisotopic (exact) mass is 285 g/mol. The molecule has 0 fully saturated rings. The van der Waals surface area contributed by atoms with Crippen LogP contribution in [0, 0.1) is 6.92 Å². The number of nitrogens with one attached hydrogen (secondary N) is 1. The van der Waals surface area contributed by atoms with Crippen LogP contribution < -0.4 is 11.1 Å². The van der Waals surface area contributed by atoms with Gasteiger partial charge in [0.25, 0.3) is 5.91 Å². The number of nitrogens with two attached hydrogens (primary N) is 1. The van der Waals surface area contributed by atoms with Gasteiger partial charge in [-0.2, -0.15) is 5.10 Å². The average molecular weight is 285 g/mol. The molecule has 1 unspecified atom stereocenters. The maximum Gasteiger partial charge on any atom is 0.251 e. The van der Waals surface area contributed by atoms with Crippen molar-refractivity contribution in [3.63, 3.8) is 0 Å². The first-order valence-electron chi connectivity index (χ1n) is 7.18. The molecule has 21 heavy (non-hydrogen) atoms. The Kier molecular flexibility index (Phi) is 3.70. The Morgan fingerprint density at radius 2 is 2.19 bits per heavy atom. The van der Waals surface area contributed by atoms with Crippen LogP contribution in [0.2, 0.25) is 0 Å². The first kappa shape index (κ1) is 13.8. The van der Waals surface area contributed by atoms with Crippen molar-refractivity contribution < 1.29 is 4.79 Å². The second-order valence-electron chi connectivity index (χ2n) is 5.31. The van der Waals surface area contributed by atoms with E-state index in [2.05, 4.69) is 15.4 Å². The van der Waals surface area contributed by atoms with Crippen LogP contribution in [-0.2, 0) is 13.1 Å². The van der Waals surface area contributed by atoms with E-state index in [1.54, 1.807) is 12.1 Å². The molecule has 6 nitrogen and oxygen atoms in total. The van der Waals surface area contributed by atoms with Gasteiger partial charge < -0.3 is 11.1 Å². The summed E-state index contributed by atoms with van der Waals surface area (Å²) < 4.78 is 1.89. The van der Waals surface area contributed by atoms with Gasteiger partial charge in [0.1, 0.15) is 11.6 Å². The number of nitrogens with zero attached hydrogens (tertiary/aromatic N) is 3. The van der Waals surface area contributed by atoms with Crippen molar-refractivity contribution in [1.29, 1.82) is 0 Å². The van der Waals surface area contributed by atoms with Crippen molar-refractivity contribution in [2.75, 3.05) is 0 Å². The molecule has 2 heterocycles. The predicted octanol–water partition coefficient (Wildman–Crippen LogP) is 1.31. The van der Waals surface area contributed by atoms with Gasteiger partial charge >= 0.3 is 0 Å². The Bertz CT molecular complexity index is 647. The molecule has 3 rings (SSSR count). The number of hydrogen-bond donors (Lipinski definition) is 2. The van der Waals surface area contributed by atoms with Gasteiger partial charge in [0.2, 0.25) is 0 Å². The van der Waals surface area contributed by atoms with E-state index in [0.29, 0.717) is 12.1 Å². The standard InChI is InChI=1S/C15H19N5O/c1-10-17-14-13(3-2-8-20(14)19-10)18-15(21)12-6-4-11(9-16)5-7-12/h4-7,13H,2-3,8-9,16H2,1H3,(H,18,21). The summed E-state index contributed by atoms with van der Waals surface area (Å²) in [7, 11) is 0. The maximum atomic E-state index is 12.3. The minimum absolute atomic E-state index is 0.0679. The zero-order chi connectivity index (χ0) is 14.8. The summed E-state index contributed by atoms with van der Waals surface area (Å²) >= 11 is 0. The molecule has 6 heteroatoms. The fraction of sp³-hybridized carbons (Fsp3) is 0.400. The van der Waals surface area contributed by atoms with Crippen LogP contribution >= 0.6 is 0 Å². The SMILES string of the molecule is Cc1nc2n(n1)CCCC2NC(=O)c1ccc(CN)cc1. The molecule has 1 aliphatic heterocycles. The molecule has 0 radical (unpaired) electrons. The number of fused-ring (bicyclic) bond motifs is 1. The zero-order valence-electron chi connectivity index (χ0n) is 12.0. The Hall–Kier alpha value is -2.21. The summed E-state index contributed by atoms with van der Waals surface area (Å²) in [5.41, 5.74) is 7.22. The molecule has 1 aliphatic rings. The van der Waals surface area contributed by atoms with Crippen molar-refractivity contribution in [3.05, 3.63) is 47.0 Å². The summed E-state index contributed by atoms with van der Waals surface area (Å²) in [5.74, 6) is 1.52. The Morgan fingerprint density at radius 1 is 1.43 bits per heavy atom. The summed E-state index contributed by atoms with van der Waals surface area (Å²) in [5, 5.41) is 7.39. The van der Waals surface area contributed by atoms with Gasteiger partial charge in [0.15, 0.2) is 0 Å². The number of aromatic nitrogens is 3. The van der Waals surface area contributed by atoms with E-state index >= 15 is 0 Å². The van der Waals surface area contributed by atoms with E-state index in [1.165, 1.54) is 0 Å². The second-order valence-corrected chi connectivity index (χ2v) is 5.31. The Labute approximate surface area is 123 Å². The van der Waals surface area contributed by atoms with Crippen LogP contribution in [0.5, 0.6) is 0 Å². The lowest BCUT2D eigenvalue weighted by Gasteiger charge is -2.23. The number of rotatable bonds is 3. The number of amides is 1. The van der Waals surface area contributed by atoms with Gasteiger partial charge in [-0.05, 0) is 37.5 Å². The largest absolute Gasteiger partial charge is 0.342 e. The predicted molar refractivity (Wildman–Crippen MR) is 78.5 cm³/mol. The second kappa shape index (κ2) is 5.65. The van der Waals surface area contributed by atoms with Crippen molar-refractivity contribution in [2.24, 2.45) is 5.73 Å². The molecule has 2 aromatic rings. The van der Waals surface area contributed by atoms with Crippen LogP contribution in [0.15, 0.2) is 24.3 Å². The Balaban J connectivity index is 1.75. The molecule has 0 saturated carbocycles. The molecule has 3 N–H and O–H groups in total. The van der Waals surface area contributed by atoms with Gasteiger partial charge in [0.05, 0.1) is 6.04 Å². The van der Waals surface area contributed by atoms with E-state index in [9.17, 15) is 4.79 Å². The van der Waals surface area contributed by atoms with Crippen molar-refractivity contribution >= 4 is 5.91 Å². The molecule has 1 atom stereocenters. The van der Waals surface area contributed by atoms with Crippen LogP contribution in [0.25, 0.3) is 0 Å². The molecule has 1 aromatic carbocycles. The number of carbonyl (C=O) groups is 1. The highest BCUT2D eigenvalue weighted by Crippen LogP contribution is 2.23. The van der Waals surface area contributed by atoms with Crippen LogP contribution in [0.3, 0.4) is 0 Å². The number of aryl methyl sites for hydroxylation is 2. The van der Waals surface area contributed by atoms with Gasteiger partial charge in [0, 0.05) is 18.7 Å². The summed E-state index contributed by atoms with van der Waals surface area (Å²) in [4.78, 5) is 16.8. The molecule has 1 amide bonds. The molecule has 1 aromatic heterocycles. The van der Waals surface area contributed by atoms with Gasteiger partial charge in [-0.3, -0.25) is 4.79 Å². The fourth-order valence-electron chi connectivity index (χ4n) is 2.64. The van der Waals surface area contributed by atoms with Crippen LogP contribution in [0.1, 0.15) is 46.5 Å². The first-order chi connectivity index (χ1) is 10.2. The average Bonchev–Trinajstić information content (AvgIpc) is 2.88. The van der Waals surface area contributed by atoms with E-state index in [4.69, 9.17) is 5.73 Å². The minimum Gasteiger partial charge on any atom is -0.342 e. The summed E-state index contributed by atoms with van der Waals surface area (Å²) in [6.07, 6.45) is 1.89. The highest BCUT2D eigenvalue weighted by atomic mass is 16.1. The smallest absolute Gasteiger partial charge is 0.251 e. The third kappa shape index (κ3) is 2.80. The molecule has 0 aliphatic carbocycles. The van der Waals surface area contributed by atoms with Gasteiger partial charge in [-0.15, -0.1) is 0 Å². The lowest BCUT2D eigenvalue weighted by molar-refractivity contribution is 0.0927. The highest BCUT2D eigenvalue weighted by Gasteiger charge is 2.25. The van der Waals surface area contributed by atoms with E-state index in [0.717, 1.165) is 36.6 Å². The third-order valence-electron chi connectivity index (χ3n) is 3.74. The molecule has 0 saturated heterocycles. The Morgan fingerprint density at radius 3 is 2.90 bits per heavy atom. The first-order valence-corrected chi connectivity index (χ1v) is 7.18. The number of carbonyl (C=O) groups excluding carboxylic acids is 1. The normalized spacial score (nSPS) is 17.3. The maximum absolute atomic E-state index is 12.3. The van der Waals surface area contributed by atoms with Crippen LogP contribution in [0.4, 0.5) is 0 Å². The highest BCUT2D eigenvalue weighted by molar-refractivity contribution is 5.94. The topological polar surface area (TPSA) is 85.8 Å². The molecule has 0 spiro atoms. The lowest BCUT2D eigenvalue weighted by atomic mass is 10.1. The van der Waals surface area contributed by atoms with Crippen molar-refractivity contribution in [3.8, 4) is 0 Å². The summed E-state index contributed by atoms with van der Waals surface area (Å²) in [6, 6.07) is 7.29. The van der Waals surface area contributed by atoms with E-state index in [1.807, 2.05) is 23.7 Å². The minimum atomic E-state index is -0.0855. The van der Waals surface area contributed by atoms with Crippen LogP contribution in [-0.4, -0.2) is 20.7 Å². The van der Waals surface area contributed by atoms with Crippen molar-refractivity contribution in [1.82, 2.24) is 20.1 Å². The van der Waals surface area contributed by atoms with Gasteiger partial charge in [-0.25, -0.2) is 9.67 Å². The summed E-state index contributed by atoms with van der Waals surface area (Å²) in [6.45, 7) is 3.22. The quantitative estimate of drug-likeness (QED) is 0.890. The number of benzene rings is 1. The molecule has 110 valence electrons. The molecule has 0 bridgehead atoms. The lowest BCUT2D eigenvalue weighted by Crippen LogP contribution is -2.33. The fourth-order valence-corrected chi connectivity index (χ4v) is 2.64. The zero-order valence-corrected chi connectivity index (χ0v) is 12.0. The van der Waals surface area contributed by atoms with Crippen molar-refractivity contribution in [2.45, 2.75) is 38.9 Å². The van der Waals surface area contributed by atoms with E-state index in [-0.39, 0.29) is 11.9 Å². The van der Waals surface area contributed by atoms with E-state index < -0.39 is 0 Å². The number of hydrogen-bond acceptors (Lipinski definition) is 4. The third-order valence-corrected chi connectivity index (χ3v) is 3.74.